The molecule has 1 amide bonds. The van der Waals surface area contributed by atoms with Gasteiger partial charge in [-0.05, 0) is 38.4 Å². The maximum Gasteiger partial charge on any atom is 0.412 e. The van der Waals surface area contributed by atoms with Gasteiger partial charge >= 0.3 is 6.09 Å². The first kappa shape index (κ1) is 18.1. The van der Waals surface area contributed by atoms with E-state index in [2.05, 4.69) is 9.69 Å². The molecule has 0 aliphatic rings. The highest BCUT2D eigenvalue weighted by Gasteiger charge is 2.17. The van der Waals surface area contributed by atoms with Crippen LogP contribution in [0.4, 0.5) is 14.9 Å². The van der Waals surface area contributed by atoms with Crippen molar-refractivity contribution < 1.29 is 15.3 Å². The minimum atomic E-state index is -0.664. The molecule has 1 N–H and O–H groups in total. The zero-order valence-electron chi connectivity index (χ0n) is 13.4. The van der Waals surface area contributed by atoms with E-state index in [1.165, 1.54) is 17.6 Å². The Kier molecular flexibility index (Phi) is 6.98. The molecule has 0 saturated carbocycles. The van der Waals surface area contributed by atoms with Gasteiger partial charge in [0.2, 0.25) is 0 Å². The van der Waals surface area contributed by atoms with Gasteiger partial charge in [-0.2, -0.15) is 4.37 Å². The number of anilines is 1. The minimum Gasteiger partial charge on any atom is -0.441 e. The monoisotopic (exact) mass is 326 g/mol. The zero-order chi connectivity index (χ0) is 16.7. The van der Waals surface area contributed by atoms with Crippen molar-refractivity contribution in [1.82, 2.24) is 4.37 Å². The van der Waals surface area contributed by atoms with Crippen LogP contribution in [0, 0.1) is 19.7 Å². The van der Waals surface area contributed by atoms with Gasteiger partial charge in [0, 0.05) is 11.9 Å². The van der Waals surface area contributed by atoms with E-state index in [1.807, 2.05) is 20.8 Å². The van der Waals surface area contributed by atoms with Gasteiger partial charge in [0.1, 0.15) is 11.9 Å². The first-order chi connectivity index (χ1) is 10.5. The quantitative estimate of drug-likeness (QED) is 0.812. The molecule has 0 bridgehead atoms. The number of aryl methyl sites for hydroxylation is 2. The van der Waals surface area contributed by atoms with Crippen molar-refractivity contribution in [2.24, 2.45) is 0 Å². The fourth-order valence-electron chi connectivity index (χ4n) is 1.82. The SMILES string of the molecule is CC.Cc1nsc(C)c1NC(=O)O[C@H](C)c1ccccc1F.[HH]. The van der Waals surface area contributed by atoms with E-state index in [-0.39, 0.29) is 1.43 Å². The number of carbonyl (C=O) groups is 1. The molecule has 4 nitrogen and oxygen atoms in total. The van der Waals surface area contributed by atoms with Crippen LogP contribution in [0.25, 0.3) is 0 Å². The van der Waals surface area contributed by atoms with E-state index in [0.29, 0.717) is 11.3 Å². The number of ether oxygens (including phenoxy) is 1. The van der Waals surface area contributed by atoms with Crippen molar-refractivity contribution in [1.29, 1.82) is 0 Å². The summed E-state index contributed by atoms with van der Waals surface area (Å²) in [6.45, 7) is 9.30. The third-order valence-electron chi connectivity index (χ3n) is 2.89. The van der Waals surface area contributed by atoms with Crippen LogP contribution in [-0.4, -0.2) is 10.5 Å². The highest BCUT2D eigenvalue weighted by Crippen LogP contribution is 2.25. The summed E-state index contributed by atoms with van der Waals surface area (Å²) in [6, 6.07) is 6.22. The maximum absolute atomic E-state index is 13.6. The Labute approximate surface area is 136 Å². The van der Waals surface area contributed by atoms with Crippen LogP contribution in [0.2, 0.25) is 0 Å². The Bertz CT molecular complexity index is 615. The number of benzene rings is 1. The lowest BCUT2D eigenvalue weighted by Gasteiger charge is -2.15. The van der Waals surface area contributed by atoms with Crippen LogP contribution in [-0.2, 0) is 4.74 Å². The van der Waals surface area contributed by atoms with Crippen molar-refractivity contribution in [2.45, 2.75) is 40.7 Å². The van der Waals surface area contributed by atoms with Crippen LogP contribution >= 0.6 is 11.5 Å². The largest absolute Gasteiger partial charge is 0.441 e. The summed E-state index contributed by atoms with van der Waals surface area (Å²) in [7, 11) is 0. The van der Waals surface area contributed by atoms with Gasteiger partial charge in [0.05, 0.1) is 11.4 Å². The van der Waals surface area contributed by atoms with E-state index in [0.717, 1.165) is 10.6 Å². The van der Waals surface area contributed by atoms with Crippen LogP contribution in [0.1, 0.15) is 44.4 Å². The Morgan fingerprint density at radius 2 is 2.00 bits per heavy atom. The van der Waals surface area contributed by atoms with Crippen LogP contribution in [0.3, 0.4) is 0 Å². The number of nitrogens with zero attached hydrogens (tertiary/aromatic N) is 1. The molecular weight excluding hydrogens is 303 g/mol. The lowest BCUT2D eigenvalue weighted by atomic mass is 10.1. The van der Waals surface area contributed by atoms with Gasteiger partial charge < -0.3 is 4.74 Å². The summed E-state index contributed by atoms with van der Waals surface area (Å²) in [5.41, 5.74) is 1.74. The number of rotatable bonds is 3. The molecule has 1 aromatic carbocycles. The summed E-state index contributed by atoms with van der Waals surface area (Å²) in [6.07, 6.45) is -1.28. The second kappa shape index (κ2) is 8.48. The Morgan fingerprint density at radius 3 is 2.55 bits per heavy atom. The number of aromatic nitrogens is 1. The van der Waals surface area contributed by atoms with Crippen molar-refractivity contribution in [3.63, 3.8) is 0 Å². The van der Waals surface area contributed by atoms with Gasteiger partial charge in [0.25, 0.3) is 0 Å². The molecule has 1 aromatic heterocycles. The van der Waals surface area contributed by atoms with Gasteiger partial charge in [-0.15, -0.1) is 0 Å². The lowest BCUT2D eigenvalue weighted by molar-refractivity contribution is 0.119. The number of halogens is 1. The zero-order valence-corrected chi connectivity index (χ0v) is 14.3. The number of amides is 1. The number of hydrogen-bond donors (Lipinski definition) is 1. The molecular formula is C16H23FN2O2S. The van der Waals surface area contributed by atoms with Crippen molar-refractivity contribution in [3.8, 4) is 0 Å². The predicted octanol–water partition coefficient (Wildman–Crippen LogP) is 5.48. The predicted molar refractivity (Wildman–Crippen MR) is 90.0 cm³/mol. The Balaban J connectivity index is 0.00000155. The molecule has 0 radical (unpaired) electrons. The van der Waals surface area contributed by atoms with Gasteiger partial charge in [0.15, 0.2) is 0 Å². The molecule has 2 aromatic rings. The van der Waals surface area contributed by atoms with E-state index < -0.39 is 18.0 Å². The molecule has 0 aliphatic carbocycles. The summed E-state index contributed by atoms with van der Waals surface area (Å²) in [5.74, 6) is -0.391. The molecule has 0 spiro atoms. The standard InChI is InChI=1S/C14H15FN2O2S.C2H6.H2/c1-8-13(10(3)20-17-8)16-14(18)19-9(2)11-6-4-5-7-12(11)15;1-2;/h4-7,9H,1-3H3,(H,16,18);1-2H3;1H/t9-;;/m1../s1. The average Bonchev–Trinajstić information content (AvgIpc) is 2.81. The molecule has 0 aliphatic heterocycles. The highest BCUT2D eigenvalue weighted by molar-refractivity contribution is 7.06. The van der Waals surface area contributed by atoms with Crippen molar-refractivity contribution in [3.05, 3.63) is 46.2 Å². The maximum atomic E-state index is 13.6. The molecule has 0 fully saturated rings. The number of hydrogen-bond acceptors (Lipinski definition) is 4. The number of nitrogens with one attached hydrogen (secondary N) is 1. The summed E-state index contributed by atoms with van der Waals surface area (Å²) < 4.78 is 22.9. The van der Waals surface area contributed by atoms with E-state index in [1.54, 1.807) is 32.0 Å². The topological polar surface area (TPSA) is 51.2 Å². The lowest BCUT2D eigenvalue weighted by Crippen LogP contribution is -2.17. The van der Waals surface area contributed by atoms with Crippen LogP contribution < -0.4 is 5.32 Å². The Hall–Kier alpha value is -1.95. The number of carbonyl (C=O) groups excluding carboxylic acids is 1. The van der Waals surface area contributed by atoms with E-state index in [9.17, 15) is 9.18 Å². The smallest absolute Gasteiger partial charge is 0.412 e. The third-order valence-corrected chi connectivity index (χ3v) is 3.73. The second-order valence-electron chi connectivity index (χ2n) is 4.39. The van der Waals surface area contributed by atoms with E-state index in [4.69, 9.17) is 4.74 Å². The molecule has 6 heteroatoms. The molecule has 1 atom stereocenters. The Morgan fingerprint density at radius 1 is 1.36 bits per heavy atom. The van der Waals surface area contributed by atoms with Crippen molar-refractivity contribution >= 4 is 23.3 Å². The normalized spacial score (nSPS) is 11.2. The first-order valence-electron chi connectivity index (χ1n) is 7.14. The van der Waals surface area contributed by atoms with Gasteiger partial charge in [-0.3, -0.25) is 5.32 Å². The molecule has 0 unspecified atom stereocenters. The minimum absolute atomic E-state index is 0. The molecule has 0 saturated heterocycles. The van der Waals surface area contributed by atoms with Crippen LogP contribution in [0.5, 0.6) is 0 Å². The molecule has 1 heterocycles. The summed E-state index contributed by atoms with van der Waals surface area (Å²) in [5, 5.41) is 2.64. The second-order valence-corrected chi connectivity index (χ2v) is 5.37. The fraction of sp³-hybridized carbons (Fsp3) is 0.375. The van der Waals surface area contributed by atoms with Gasteiger partial charge in [-0.25, -0.2) is 9.18 Å². The highest BCUT2D eigenvalue weighted by atomic mass is 32.1. The fourth-order valence-corrected chi connectivity index (χ4v) is 2.48. The summed E-state index contributed by atoms with van der Waals surface area (Å²) >= 11 is 1.31. The van der Waals surface area contributed by atoms with E-state index >= 15 is 0 Å². The first-order valence-corrected chi connectivity index (χ1v) is 7.91. The molecule has 2 rings (SSSR count). The summed E-state index contributed by atoms with van der Waals surface area (Å²) in [4.78, 5) is 12.7. The average molecular weight is 326 g/mol. The molecule has 22 heavy (non-hydrogen) atoms. The van der Waals surface area contributed by atoms with Crippen molar-refractivity contribution in [2.75, 3.05) is 5.32 Å². The third kappa shape index (κ3) is 4.53. The molecule has 122 valence electrons. The van der Waals surface area contributed by atoms with Gasteiger partial charge in [-0.1, -0.05) is 32.0 Å². The van der Waals surface area contributed by atoms with Crippen LogP contribution in [0.15, 0.2) is 24.3 Å².